The van der Waals surface area contributed by atoms with E-state index < -0.39 is 5.97 Å². The number of hydrogen-bond acceptors (Lipinski definition) is 4. The van der Waals surface area contributed by atoms with Gasteiger partial charge in [-0.3, -0.25) is 0 Å². The summed E-state index contributed by atoms with van der Waals surface area (Å²) in [6, 6.07) is 0. The van der Waals surface area contributed by atoms with E-state index in [1.807, 2.05) is 0 Å². The van der Waals surface area contributed by atoms with Crippen molar-refractivity contribution in [2.45, 2.75) is 6.92 Å². The zero-order valence-corrected chi connectivity index (χ0v) is 6.81. The largest absolute Gasteiger partial charge is 0.464 e. The van der Waals surface area contributed by atoms with Crippen LogP contribution in [-0.4, -0.2) is 18.2 Å². The van der Waals surface area contributed by atoms with E-state index in [2.05, 4.69) is 14.4 Å². The number of aromatic nitrogens is 1. The van der Waals surface area contributed by atoms with E-state index in [0.717, 1.165) is 0 Å². The lowest BCUT2D eigenvalue weighted by Crippen LogP contribution is -2.01. The molecule has 0 amide bonds. The minimum Gasteiger partial charge on any atom is -0.464 e. The number of esters is 1. The fourth-order valence-electron chi connectivity index (χ4n) is 0.585. The van der Waals surface area contributed by atoms with Gasteiger partial charge in [0.15, 0.2) is 5.76 Å². The van der Waals surface area contributed by atoms with Crippen LogP contribution in [-0.2, 0) is 4.74 Å². The number of hydrogen-bond donors (Lipinski definition) is 0. The molecule has 0 saturated heterocycles. The summed E-state index contributed by atoms with van der Waals surface area (Å²) in [6.07, 6.45) is 0. The van der Waals surface area contributed by atoms with Crippen molar-refractivity contribution in [1.82, 2.24) is 5.16 Å². The first kappa shape index (κ1) is 8.07. The molecule has 0 spiro atoms. The van der Waals surface area contributed by atoms with Crippen LogP contribution in [0.25, 0.3) is 0 Å². The number of carbonyl (C=O) groups excluding carboxylic acids is 1. The molecule has 1 aromatic rings. The Morgan fingerprint density at radius 1 is 1.73 bits per heavy atom. The molecule has 0 aliphatic carbocycles. The number of ether oxygens (including phenoxy) is 1. The average molecular weight is 176 g/mol. The van der Waals surface area contributed by atoms with Crippen LogP contribution >= 0.6 is 11.6 Å². The van der Waals surface area contributed by atoms with Crippen molar-refractivity contribution in [1.29, 1.82) is 0 Å². The summed E-state index contributed by atoms with van der Waals surface area (Å²) >= 11 is 5.63. The van der Waals surface area contributed by atoms with Gasteiger partial charge >= 0.3 is 5.97 Å². The molecule has 0 N–H and O–H groups in total. The van der Waals surface area contributed by atoms with Crippen LogP contribution < -0.4 is 0 Å². The lowest BCUT2D eigenvalue weighted by molar-refractivity contribution is 0.0589. The summed E-state index contributed by atoms with van der Waals surface area (Å²) in [5.74, 6) is -0.182. The summed E-state index contributed by atoms with van der Waals surface area (Å²) in [6.45, 7) is 1.61. The van der Waals surface area contributed by atoms with Gasteiger partial charge in [0.2, 0.25) is 5.69 Å². The van der Waals surface area contributed by atoms with Gasteiger partial charge in [-0.15, -0.1) is 0 Å². The van der Waals surface area contributed by atoms with Gasteiger partial charge in [0.1, 0.15) is 5.02 Å². The van der Waals surface area contributed by atoms with Gasteiger partial charge in [0, 0.05) is 0 Å². The highest BCUT2D eigenvalue weighted by Crippen LogP contribution is 2.19. The summed E-state index contributed by atoms with van der Waals surface area (Å²) in [5, 5.41) is 3.61. The molecule has 0 aliphatic heterocycles. The quantitative estimate of drug-likeness (QED) is 0.606. The average Bonchev–Trinajstić information content (AvgIpc) is 2.32. The van der Waals surface area contributed by atoms with Gasteiger partial charge in [-0.2, -0.15) is 0 Å². The van der Waals surface area contributed by atoms with Crippen molar-refractivity contribution in [3.63, 3.8) is 0 Å². The van der Waals surface area contributed by atoms with E-state index in [1.165, 1.54) is 7.11 Å². The van der Waals surface area contributed by atoms with E-state index in [1.54, 1.807) is 6.92 Å². The van der Waals surface area contributed by atoms with Crippen molar-refractivity contribution < 1.29 is 14.1 Å². The SMILES string of the molecule is COC(=O)c1noc(C)c1Cl. The standard InChI is InChI=1S/C6H6ClNO3/c1-3-4(7)5(8-11-3)6(9)10-2/h1-2H3. The van der Waals surface area contributed by atoms with Crippen LogP contribution in [0.5, 0.6) is 0 Å². The first-order chi connectivity index (χ1) is 5.16. The summed E-state index contributed by atoms with van der Waals surface area (Å²) < 4.78 is 9.02. The van der Waals surface area contributed by atoms with E-state index in [9.17, 15) is 4.79 Å². The molecule has 0 saturated carbocycles. The van der Waals surface area contributed by atoms with Crippen molar-refractivity contribution in [2.24, 2.45) is 0 Å². The molecule has 1 rings (SSSR count). The Balaban J connectivity index is 3.04. The van der Waals surface area contributed by atoms with E-state index >= 15 is 0 Å². The predicted octanol–water partition coefficient (Wildman–Crippen LogP) is 1.42. The molecule has 0 aromatic carbocycles. The highest BCUT2D eigenvalue weighted by molar-refractivity contribution is 6.33. The van der Waals surface area contributed by atoms with Gasteiger partial charge in [-0.05, 0) is 6.92 Å². The second kappa shape index (κ2) is 2.92. The number of nitrogens with zero attached hydrogens (tertiary/aromatic N) is 1. The molecular formula is C6H6ClNO3. The minimum absolute atomic E-state index is 0.0201. The zero-order chi connectivity index (χ0) is 8.43. The molecule has 0 fully saturated rings. The molecule has 1 heterocycles. The van der Waals surface area contributed by atoms with Crippen LogP contribution in [0.4, 0.5) is 0 Å². The zero-order valence-electron chi connectivity index (χ0n) is 6.05. The number of rotatable bonds is 1. The Bertz CT molecular complexity index is 281. The third-order valence-corrected chi connectivity index (χ3v) is 1.61. The summed E-state index contributed by atoms with van der Waals surface area (Å²) in [7, 11) is 1.25. The third kappa shape index (κ3) is 1.35. The Morgan fingerprint density at radius 2 is 2.36 bits per heavy atom. The molecule has 4 nitrogen and oxygen atoms in total. The fourth-order valence-corrected chi connectivity index (χ4v) is 0.731. The second-order valence-electron chi connectivity index (χ2n) is 1.89. The Hall–Kier alpha value is -1.03. The Morgan fingerprint density at radius 3 is 2.73 bits per heavy atom. The Labute approximate surface area is 68.1 Å². The molecule has 0 bridgehead atoms. The maximum atomic E-state index is 10.8. The molecule has 0 unspecified atom stereocenters. The lowest BCUT2D eigenvalue weighted by atomic mass is 10.4. The second-order valence-corrected chi connectivity index (χ2v) is 2.27. The van der Waals surface area contributed by atoms with Gasteiger partial charge in [-0.1, -0.05) is 16.8 Å². The monoisotopic (exact) mass is 175 g/mol. The van der Waals surface area contributed by atoms with E-state index in [-0.39, 0.29) is 10.7 Å². The normalized spacial score (nSPS) is 9.73. The number of halogens is 1. The molecule has 1 aromatic heterocycles. The summed E-state index contributed by atoms with van der Waals surface area (Å²) in [4.78, 5) is 10.8. The van der Waals surface area contributed by atoms with Crippen LogP contribution in [0.1, 0.15) is 16.2 Å². The number of carbonyl (C=O) groups is 1. The van der Waals surface area contributed by atoms with E-state index in [0.29, 0.717) is 5.76 Å². The molecule has 60 valence electrons. The van der Waals surface area contributed by atoms with Crippen molar-refractivity contribution in [2.75, 3.05) is 7.11 Å². The highest BCUT2D eigenvalue weighted by Gasteiger charge is 2.17. The molecule has 0 atom stereocenters. The maximum Gasteiger partial charge on any atom is 0.361 e. The van der Waals surface area contributed by atoms with Crippen molar-refractivity contribution in [3.8, 4) is 0 Å². The molecule has 0 aliphatic rings. The van der Waals surface area contributed by atoms with Gasteiger partial charge in [0.05, 0.1) is 7.11 Å². The van der Waals surface area contributed by atoms with E-state index in [4.69, 9.17) is 11.6 Å². The van der Waals surface area contributed by atoms with Gasteiger partial charge in [0.25, 0.3) is 0 Å². The van der Waals surface area contributed by atoms with Crippen LogP contribution in [0.15, 0.2) is 4.52 Å². The topological polar surface area (TPSA) is 52.3 Å². The first-order valence-corrected chi connectivity index (χ1v) is 3.24. The third-order valence-electron chi connectivity index (χ3n) is 1.17. The smallest absolute Gasteiger partial charge is 0.361 e. The number of methoxy groups -OCH3 is 1. The predicted molar refractivity (Wildman–Crippen MR) is 37.6 cm³/mol. The highest BCUT2D eigenvalue weighted by atomic mass is 35.5. The molecule has 11 heavy (non-hydrogen) atoms. The van der Waals surface area contributed by atoms with Crippen molar-refractivity contribution in [3.05, 3.63) is 16.5 Å². The maximum absolute atomic E-state index is 10.8. The fraction of sp³-hybridized carbons (Fsp3) is 0.333. The molecule has 5 heteroatoms. The molecular weight excluding hydrogens is 170 g/mol. The summed E-state index contributed by atoms with van der Waals surface area (Å²) in [5.41, 5.74) is 0.0201. The lowest BCUT2D eigenvalue weighted by Gasteiger charge is -1.90. The van der Waals surface area contributed by atoms with Crippen molar-refractivity contribution >= 4 is 17.6 Å². The molecule has 0 radical (unpaired) electrons. The van der Waals surface area contributed by atoms with Gasteiger partial charge in [-0.25, -0.2) is 4.79 Å². The number of aryl methyl sites for hydroxylation is 1. The van der Waals surface area contributed by atoms with Crippen LogP contribution in [0.3, 0.4) is 0 Å². The first-order valence-electron chi connectivity index (χ1n) is 2.87. The van der Waals surface area contributed by atoms with Gasteiger partial charge < -0.3 is 9.26 Å². The minimum atomic E-state index is -0.591. The van der Waals surface area contributed by atoms with Crippen LogP contribution in [0.2, 0.25) is 5.02 Å². The van der Waals surface area contributed by atoms with Crippen LogP contribution in [0, 0.1) is 6.92 Å². The Kier molecular flexibility index (Phi) is 2.14.